The van der Waals surface area contributed by atoms with Crippen molar-refractivity contribution in [3.8, 4) is 0 Å². The first-order chi connectivity index (χ1) is 6.42. The molecule has 0 radical (unpaired) electrons. The molecule has 0 aromatic heterocycles. The molecule has 0 heterocycles. The van der Waals surface area contributed by atoms with Crippen molar-refractivity contribution in [2.45, 2.75) is 64.6 Å². The Labute approximate surface area is 87.7 Å². The highest BCUT2D eigenvalue weighted by molar-refractivity contribution is 4.96. The van der Waals surface area contributed by atoms with E-state index in [1.165, 1.54) is 19.3 Å². The van der Waals surface area contributed by atoms with Gasteiger partial charge in [-0.3, -0.25) is 0 Å². The van der Waals surface area contributed by atoms with E-state index in [1.54, 1.807) is 7.11 Å². The van der Waals surface area contributed by atoms with Crippen molar-refractivity contribution in [3.63, 3.8) is 0 Å². The Kier molecular flexibility index (Phi) is 3.59. The fraction of sp³-hybridized carbons (Fsp3) is 1.00. The summed E-state index contributed by atoms with van der Waals surface area (Å²) in [6.07, 6.45) is 5.29. The molecule has 1 rings (SSSR count). The van der Waals surface area contributed by atoms with E-state index in [-0.39, 0.29) is 17.1 Å². The highest BCUT2D eigenvalue weighted by Gasteiger charge is 2.44. The van der Waals surface area contributed by atoms with Crippen LogP contribution >= 0.6 is 0 Å². The topological polar surface area (TPSA) is 29.5 Å². The minimum Gasteiger partial charge on any atom is -0.390 e. The van der Waals surface area contributed by atoms with Crippen LogP contribution in [0.2, 0.25) is 0 Å². The Balaban J connectivity index is 2.77. The van der Waals surface area contributed by atoms with Crippen LogP contribution in [0.5, 0.6) is 0 Å². The lowest BCUT2D eigenvalue weighted by Crippen LogP contribution is -2.51. The van der Waals surface area contributed by atoms with Crippen LogP contribution in [-0.2, 0) is 4.74 Å². The largest absolute Gasteiger partial charge is 0.390 e. The number of ether oxygens (including phenoxy) is 1. The Morgan fingerprint density at radius 2 is 1.64 bits per heavy atom. The van der Waals surface area contributed by atoms with Gasteiger partial charge in [-0.05, 0) is 18.3 Å². The van der Waals surface area contributed by atoms with Crippen molar-refractivity contribution in [3.05, 3.63) is 0 Å². The zero-order valence-corrected chi connectivity index (χ0v) is 9.97. The summed E-state index contributed by atoms with van der Waals surface area (Å²) in [5.41, 5.74) is -0.371. The van der Waals surface area contributed by atoms with Crippen LogP contribution in [0, 0.1) is 5.41 Å². The molecule has 1 atom stereocenters. The summed E-state index contributed by atoms with van der Waals surface area (Å²) in [4.78, 5) is 0. The molecule has 14 heavy (non-hydrogen) atoms. The fourth-order valence-corrected chi connectivity index (χ4v) is 2.53. The van der Waals surface area contributed by atoms with E-state index in [2.05, 4.69) is 20.8 Å². The molecule has 1 aliphatic carbocycles. The third-order valence-electron chi connectivity index (χ3n) is 3.43. The van der Waals surface area contributed by atoms with Crippen molar-refractivity contribution >= 4 is 0 Å². The predicted octanol–water partition coefficient (Wildman–Crippen LogP) is 2.74. The van der Waals surface area contributed by atoms with E-state index in [0.717, 1.165) is 12.8 Å². The second-order valence-electron chi connectivity index (χ2n) is 5.60. The third kappa shape index (κ3) is 2.29. The van der Waals surface area contributed by atoms with Crippen molar-refractivity contribution in [2.75, 3.05) is 7.11 Å². The van der Waals surface area contributed by atoms with Crippen molar-refractivity contribution < 1.29 is 9.84 Å². The fourth-order valence-electron chi connectivity index (χ4n) is 2.53. The second kappa shape index (κ2) is 4.19. The van der Waals surface area contributed by atoms with E-state index in [0.29, 0.717) is 0 Å². The monoisotopic (exact) mass is 200 g/mol. The van der Waals surface area contributed by atoms with E-state index < -0.39 is 0 Å². The Morgan fingerprint density at radius 3 is 2.00 bits per heavy atom. The summed E-state index contributed by atoms with van der Waals surface area (Å²) < 4.78 is 5.62. The Morgan fingerprint density at radius 1 is 1.14 bits per heavy atom. The van der Waals surface area contributed by atoms with Crippen LogP contribution in [0.4, 0.5) is 0 Å². The summed E-state index contributed by atoms with van der Waals surface area (Å²) in [5, 5.41) is 10.3. The summed E-state index contributed by atoms with van der Waals surface area (Å²) in [6.45, 7) is 6.23. The van der Waals surface area contributed by atoms with Crippen LogP contribution in [-0.4, -0.2) is 23.9 Å². The summed E-state index contributed by atoms with van der Waals surface area (Å²) in [7, 11) is 1.74. The van der Waals surface area contributed by atoms with Gasteiger partial charge in [-0.2, -0.15) is 0 Å². The average molecular weight is 200 g/mol. The molecule has 2 heteroatoms. The van der Waals surface area contributed by atoms with Gasteiger partial charge in [-0.15, -0.1) is 0 Å². The average Bonchev–Trinajstić information content (AvgIpc) is 2.16. The maximum atomic E-state index is 10.3. The summed E-state index contributed by atoms with van der Waals surface area (Å²) >= 11 is 0. The maximum Gasteiger partial charge on any atom is 0.0941 e. The number of rotatable bonds is 2. The maximum absolute atomic E-state index is 10.3. The molecule has 1 N–H and O–H groups in total. The van der Waals surface area contributed by atoms with Crippen molar-refractivity contribution in [1.29, 1.82) is 0 Å². The Hall–Kier alpha value is -0.0800. The first-order valence-corrected chi connectivity index (χ1v) is 5.66. The number of hydrogen-bond donors (Lipinski definition) is 1. The predicted molar refractivity (Wildman–Crippen MR) is 58.3 cm³/mol. The quantitative estimate of drug-likeness (QED) is 0.742. The molecule has 1 unspecified atom stereocenters. The van der Waals surface area contributed by atoms with E-state index in [1.807, 2.05) is 0 Å². The van der Waals surface area contributed by atoms with E-state index in [4.69, 9.17) is 4.74 Å². The number of methoxy groups -OCH3 is 1. The number of aliphatic hydroxyl groups is 1. The minimum absolute atomic E-state index is 0.0899. The van der Waals surface area contributed by atoms with Gasteiger partial charge in [-0.25, -0.2) is 0 Å². The summed E-state index contributed by atoms with van der Waals surface area (Å²) in [5.74, 6) is 0. The molecule has 84 valence electrons. The number of aliphatic hydroxyl groups excluding tert-OH is 1. The molecule has 0 bridgehead atoms. The van der Waals surface area contributed by atoms with Crippen LogP contribution in [0.15, 0.2) is 0 Å². The molecule has 0 aromatic carbocycles. The molecule has 1 saturated carbocycles. The van der Waals surface area contributed by atoms with Crippen LogP contribution < -0.4 is 0 Å². The molecule has 0 saturated heterocycles. The van der Waals surface area contributed by atoms with Crippen LogP contribution in [0.1, 0.15) is 52.9 Å². The van der Waals surface area contributed by atoms with Gasteiger partial charge in [0.25, 0.3) is 0 Å². The molecule has 1 aliphatic rings. The van der Waals surface area contributed by atoms with Gasteiger partial charge in [0.15, 0.2) is 0 Å². The lowest BCUT2D eigenvalue weighted by atomic mass is 9.71. The van der Waals surface area contributed by atoms with Gasteiger partial charge >= 0.3 is 0 Å². The molecular formula is C12H24O2. The minimum atomic E-state index is -0.361. The van der Waals surface area contributed by atoms with E-state index >= 15 is 0 Å². The molecule has 0 amide bonds. The molecular weight excluding hydrogens is 176 g/mol. The SMILES string of the molecule is COC1(C(O)C(C)(C)C)CCCCC1. The van der Waals surface area contributed by atoms with Gasteiger partial charge in [0.2, 0.25) is 0 Å². The van der Waals surface area contributed by atoms with E-state index in [9.17, 15) is 5.11 Å². The van der Waals surface area contributed by atoms with Crippen molar-refractivity contribution in [2.24, 2.45) is 5.41 Å². The van der Waals surface area contributed by atoms with Gasteiger partial charge in [-0.1, -0.05) is 40.0 Å². The highest BCUT2D eigenvalue weighted by Crippen LogP contribution is 2.40. The second-order valence-corrected chi connectivity index (χ2v) is 5.60. The molecule has 2 nitrogen and oxygen atoms in total. The first-order valence-electron chi connectivity index (χ1n) is 5.66. The zero-order chi connectivity index (χ0) is 10.8. The first kappa shape index (κ1) is 12.0. The standard InChI is InChI=1S/C12H24O2/c1-11(2,3)10(13)12(14-4)8-6-5-7-9-12/h10,13H,5-9H2,1-4H3. The zero-order valence-electron chi connectivity index (χ0n) is 9.97. The molecule has 0 aliphatic heterocycles. The lowest BCUT2D eigenvalue weighted by Gasteiger charge is -2.45. The third-order valence-corrected chi connectivity index (χ3v) is 3.43. The highest BCUT2D eigenvalue weighted by atomic mass is 16.5. The lowest BCUT2D eigenvalue weighted by molar-refractivity contribution is -0.157. The molecule has 0 spiro atoms. The van der Waals surface area contributed by atoms with Crippen LogP contribution in [0.25, 0.3) is 0 Å². The normalized spacial score (nSPS) is 24.6. The molecule has 1 fully saturated rings. The van der Waals surface area contributed by atoms with Gasteiger partial charge in [0.1, 0.15) is 0 Å². The van der Waals surface area contributed by atoms with Crippen LogP contribution in [0.3, 0.4) is 0 Å². The Bertz CT molecular complexity index is 175. The smallest absolute Gasteiger partial charge is 0.0941 e. The van der Waals surface area contributed by atoms with Gasteiger partial charge in [0, 0.05) is 7.11 Å². The number of hydrogen-bond acceptors (Lipinski definition) is 2. The summed E-state index contributed by atoms with van der Waals surface area (Å²) in [6, 6.07) is 0. The van der Waals surface area contributed by atoms with Gasteiger partial charge < -0.3 is 9.84 Å². The molecule has 0 aromatic rings. The van der Waals surface area contributed by atoms with Crippen molar-refractivity contribution in [1.82, 2.24) is 0 Å². The van der Waals surface area contributed by atoms with Gasteiger partial charge in [0.05, 0.1) is 11.7 Å².